The van der Waals surface area contributed by atoms with Gasteiger partial charge in [-0.15, -0.1) is 0 Å². The first kappa shape index (κ1) is 19.6. The molecule has 0 atom stereocenters. The third-order valence-electron chi connectivity index (χ3n) is 2.90. The fourth-order valence-corrected chi connectivity index (χ4v) is 1.80. The van der Waals surface area contributed by atoms with Crippen molar-refractivity contribution in [2.45, 2.75) is 33.1 Å². The van der Waals surface area contributed by atoms with E-state index in [1.54, 1.807) is 6.92 Å². The maximum absolute atomic E-state index is 12.1. The summed E-state index contributed by atoms with van der Waals surface area (Å²) in [6.45, 7) is 8.07. The van der Waals surface area contributed by atoms with E-state index < -0.39 is 11.5 Å². The van der Waals surface area contributed by atoms with Gasteiger partial charge in [0.25, 0.3) is 5.56 Å². The molecule has 1 heterocycles. The summed E-state index contributed by atoms with van der Waals surface area (Å²) in [6, 6.07) is 0. The Morgan fingerprint density at radius 3 is 2.75 bits per heavy atom. The van der Waals surface area contributed by atoms with Crippen LogP contribution in [0.5, 0.6) is 5.75 Å². The Morgan fingerprint density at radius 2 is 2.12 bits per heavy atom. The van der Waals surface area contributed by atoms with Crippen molar-refractivity contribution < 1.29 is 19.0 Å². The number of allylic oxidation sites excluding steroid dienone is 2. The first-order chi connectivity index (χ1) is 11.5. The maximum atomic E-state index is 12.1. The molecule has 0 aliphatic carbocycles. The first-order valence-corrected chi connectivity index (χ1v) is 7.77. The molecule has 1 aromatic heterocycles. The van der Waals surface area contributed by atoms with Crippen molar-refractivity contribution in [3.05, 3.63) is 46.4 Å². The number of aromatic nitrogens is 2. The van der Waals surface area contributed by atoms with Crippen LogP contribution in [-0.4, -0.2) is 36.3 Å². The fraction of sp³-hybridized carbons (Fsp3) is 0.471. The van der Waals surface area contributed by atoms with E-state index in [1.165, 1.54) is 7.11 Å². The highest BCUT2D eigenvalue weighted by molar-refractivity contribution is 5.90. The summed E-state index contributed by atoms with van der Waals surface area (Å²) in [6.07, 6.45) is 6.47. The van der Waals surface area contributed by atoms with E-state index in [1.807, 2.05) is 6.08 Å². The second-order valence-electron chi connectivity index (χ2n) is 5.07. The van der Waals surface area contributed by atoms with Crippen molar-refractivity contribution in [2.24, 2.45) is 0 Å². The van der Waals surface area contributed by atoms with Gasteiger partial charge in [0.15, 0.2) is 5.69 Å². The first-order valence-electron chi connectivity index (χ1n) is 7.77. The van der Waals surface area contributed by atoms with Gasteiger partial charge in [-0.1, -0.05) is 32.1 Å². The predicted molar refractivity (Wildman–Crippen MR) is 90.2 cm³/mol. The van der Waals surface area contributed by atoms with Gasteiger partial charge in [-0.25, -0.2) is 9.78 Å². The molecule has 0 spiro atoms. The molecule has 0 aromatic carbocycles. The molecule has 132 valence electrons. The molecule has 7 heteroatoms. The summed E-state index contributed by atoms with van der Waals surface area (Å²) in [5.41, 5.74) is -0.742. The van der Waals surface area contributed by atoms with Gasteiger partial charge >= 0.3 is 5.97 Å². The number of ether oxygens (including phenoxy) is 3. The van der Waals surface area contributed by atoms with E-state index in [9.17, 15) is 9.59 Å². The molecule has 1 rings (SSSR count). The molecule has 1 N–H and O–H groups in total. The Morgan fingerprint density at radius 1 is 1.38 bits per heavy atom. The molecule has 0 saturated carbocycles. The summed E-state index contributed by atoms with van der Waals surface area (Å²) >= 11 is 0. The smallest absolute Gasteiger partial charge is 0.360 e. The van der Waals surface area contributed by atoms with E-state index in [2.05, 4.69) is 34.3 Å². The number of carbonyl (C=O) groups excluding carboxylic acids is 1. The van der Waals surface area contributed by atoms with Crippen LogP contribution in [0.3, 0.4) is 0 Å². The molecule has 0 aliphatic rings. The van der Waals surface area contributed by atoms with Gasteiger partial charge in [0, 0.05) is 6.42 Å². The third-order valence-corrected chi connectivity index (χ3v) is 2.90. The molecule has 24 heavy (non-hydrogen) atoms. The molecular weight excluding hydrogens is 312 g/mol. The van der Waals surface area contributed by atoms with Gasteiger partial charge in [0.2, 0.25) is 5.75 Å². The summed E-state index contributed by atoms with van der Waals surface area (Å²) in [5, 5.41) is 0. The molecule has 0 aliphatic heterocycles. The Kier molecular flexibility index (Phi) is 8.49. The highest BCUT2D eigenvalue weighted by Gasteiger charge is 2.20. The summed E-state index contributed by atoms with van der Waals surface area (Å²) in [5.74, 6) is -0.377. The van der Waals surface area contributed by atoms with Crippen molar-refractivity contribution in [2.75, 3.05) is 20.3 Å². The lowest BCUT2D eigenvalue weighted by atomic mass is 10.3. The lowest BCUT2D eigenvalue weighted by Gasteiger charge is -2.09. The average molecular weight is 336 g/mol. The minimum atomic E-state index is -0.748. The highest BCUT2D eigenvalue weighted by Crippen LogP contribution is 2.14. The number of carbonyl (C=O) groups is 1. The number of H-pyrrole nitrogens is 1. The molecule has 0 unspecified atom stereocenters. The van der Waals surface area contributed by atoms with Crippen LogP contribution in [0.1, 0.15) is 43.0 Å². The van der Waals surface area contributed by atoms with Gasteiger partial charge in [0.1, 0.15) is 5.82 Å². The molecule has 7 nitrogen and oxygen atoms in total. The predicted octanol–water partition coefficient (Wildman–Crippen LogP) is 2.38. The SMILES string of the molecule is C=C(C)Oc1c(C(=O)OC)nc(CCOCC=CCCC)[nH]c1=O. The number of unbranched alkanes of at least 4 members (excludes halogenated alkanes) is 1. The fourth-order valence-electron chi connectivity index (χ4n) is 1.80. The van der Waals surface area contributed by atoms with Crippen LogP contribution in [-0.2, 0) is 15.9 Å². The Hall–Kier alpha value is -2.41. The van der Waals surface area contributed by atoms with Crippen LogP contribution >= 0.6 is 0 Å². The molecule has 0 saturated heterocycles. The van der Waals surface area contributed by atoms with Crippen molar-refractivity contribution >= 4 is 5.97 Å². The van der Waals surface area contributed by atoms with Crippen LogP contribution in [0.15, 0.2) is 29.3 Å². The zero-order chi connectivity index (χ0) is 17.9. The number of nitrogens with zero attached hydrogens (tertiary/aromatic N) is 1. The van der Waals surface area contributed by atoms with Crippen LogP contribution in [0.4, 0.5) is 0 Å². The topological polar surface area (TPSA) is 90.5 Å². The monoisotopic (exact) mass is 336 g/mol. The lowest BCUT2D eigenvalue weighted by Crippen LogP contribution is -2.21. The Balaban J connectivity index is 2.79. The van der Waals surface area contributed by atoms with Gasteiger partial charge < -0.3 is 19.2 Å². The van der Waals surface area contributed by atoms with Gasteiger partial charge in [-0.3, -0.25) is 4.79 Å². The molecule has 0 bridgehead atoms. The largest absolute Gasteiger partial charge is 0.464 e. The zero-order valence-corrected chi connectivity index (χ0v) is 14.4. The number of methoxy groups -OCH3 is 1. The lowest BCUT2D eigenvalue weighted by molar-refractivity contribution is 0.0589. The van der Waals surface area contributed by atoms with E-state index in [4.69, 9.17) is 9.47 Å². The molecular formula is C17H24N2O5. The number of hydrogen-bond donors (Lipinski definition) is 1. The van der Waals surface area contributed by atoms with Gasteiger partial charge in [-0.2, -0.15) is 0 Å². The summed E-state index contributed by atoms with van der Waals surface area (Å²) in [4.78, 5) is 30.6. The minimum absolute atomic E-state index is 0.179. The molecule has 0 radical (unpaired) electrons. The normalized spacial score (nSPS) is 10.8. The Bertz CT molecular complexity index is 649. The molecule has 1 aromatic rings. The molecule has 0 amide bonds. The van der Waals surface area contributed by atoms with Gasteiger partial charge in [-0.05, 0) is 13.3 Å². The number of hydrogen-bond acceptors (Lipinski definition) is 6. The van der Waals surface area contributed by atoms with Crippen molar-refractivity contribution in [1.82, 2.24) is 9.97 Å². The van der Waals surface area contributed by atoms with E-state index in [-0.39, 0.29) is 17.2 Å². The zero-order valence-electron chi connectivity index (χ0n) is 14.4. The molecule has 0 fully saturated rings. The number of esters is 1. The quantitative estimate of drug-likeness (QED) is 0.305. The van der Waals surface area contributed by atoms with Crippen molar-refractivity contribution in [3.63, 3.8) is 0 Å². The minimum Gasteiger partial charge on any atom is -0.464 e. The number of aromatic amines is 1. The Labute approximate surface area is 141 Å². The maximum Gasteiger partial charge on any atom is 0.360 e. The highest BCUT2D eigenvalue weighted by atomic mass is 16.5. The van der Waals surface area contributed by atoms with Crippen molar-refractivity contribution in [1.29, 1.82) is 0 Å². The number of nitrogens with one attached hydrogen (secondary N) is 1. The van der Waals surface area contributed by atoms with E-state index in [0.29, 0.717) is 25.5 Å². The van der Waals surface area contributed by atoms with Gasteiger partial charge in [0.05, 0.1) is 26.1 Å². The summed E-state index contributed by atoms with van der Waals surface area (Å²) < 4.78 is 15.3. The third kappa shape index (κ3) is 6.37. The van der Waals surface area contributed by atoms with Crippen LogP contribution in [0.25, 0.3) is 0 Å². The van der Waals surface area contributed by atoms with Crippen LogP contribution < -0.4 is 10.3 Å². The second kappa shape index (κ2) is 10.4. The second-order valence-corrected chi connectivity index (χ2v) is 5.07. The number of rotatable bonds is 10. The van der Waals surface area contributed by atoms with Crippen molar-refractivity contribution in [3.8, 4) is 5.75 Å². The average Bonchev–Trinajstić information content (AvgIpc) is 2.55. The summed E-state index contributed by atoms with van der Waals surface area (Å²) in [7, 11) is 1.21. The van der Waals surface area contributed by atoms with E-state index >= 15 is 0 Å². The van der Waals surface area contributed by atoms with Crippen LogP contribution in [0.2, 0.25) is 0 Å². The standard InChI is InChI=1S/C17H24N2O5/c1-5-6-7-8-10-23-11-9-13-18-14(17(21)22-4)15(16(20)19-13)24-12(2)3/h7-8H,2,5-6,9-11H2,1,3-4H3,(H,18,19,20). The van der Waals surface area contributed by atoms with E-state index in [0.717, 1.165) is 12.8 Å². The van der Waals surface area contributed by atoms with Crippen LogP contribution in [0, 0.1) is 0 Å².